The van der Waals surface area contributed by atoms with Gasteiger partial charge in [0.15, 0.2) is 23.2 Å². The molecule has 1 atom stereocenters. The Bertz CT molecular complexity index is 1560. The molecule has 0 aromatic heterocycles. The fourth-order valence-corrected chi connectivity index (χ4v) is 5.07. The van der Waals surface area contributed by atoms with Crippen molar-refractivity contribution in [1.29, 1.82) is 0 Å². The Morgan fingerprint density at radius 1 is 0.977 bits per heavy atom. The van der Waals surface area contributed by atoms with E-state index < -0.39 is 17.9 Å². The molecule has 0 saturated carbocycles. The molecule has 0 aliphatic carbocycles. The van der Waals surface area contributed by atoms with Crippen LogP contribution in [0.4, 0.5) is 0 Å². The van der Waals surface area contributed by atoms with Crippen molar-refractivity contribution in [2.45, 2.75) is 33.4 Å². The zero-order valence-electron chi connectivity index (χ0n) is 24.5. The number of ether oxygens (including phenoxy) is 4. The van der Waals surface area contributed by atoms with Crippen LogP contribution < -0.4 is 30.3 Å². The molecule has 1 aliphatic rings. The first-order valence-electron chi connectivity index (χ1n) is 13.9. The highest BCUT2D eigenvalue weighted by atomic mass is 79.9. The molecule has 12 heteroatoms. The second-order valence-electron chi connectivity index (χ2n) is 9.44. The average Bonchev–Trinajstić information content (AvgIpc) is 3.01. The van der Waals surface area contributed by atoms with Crippen molar-refractivity contribution in [2.24, 2.45) is 5.10 Å². The van der Waals surface area contributed by atoms with E-state index in [1.807, 2.05) is 43.3 Å². The molecule has 0 saturated heterocycles. The normalized spacial score (nSPS) is 14.5. The Kier molecular flexibility index (Phi) is 11.7. The molecular formula is C32H33BrN4O6S. The van der Waals surface area contributed by atoms with Gasteiger partial charge >= 0.3 is 5.97 Å². The molecule has 0 unspecified atom stereocenters. The molecular weight excluding hydrogens is 648 g/mol. The van der Waals surface area contributed by atoms with Crippen molar-refractivity contribution in [1.82, 2.24) is 16.1 Å². The van der Waals surface area contributed by atoms with Gasteiger partial charge in [-0.15, -0.1) is 0 Å². The number of halogens is 1. The van der Waals surface area contributed by atoms with Crippen molar-refractivity contribution in [3.05, 3.63) is 99.2 Å². The molecule has 1 aliphatic heterocycles. The van der Waals surface area contributed by atoms with E-state index in [2.05, 4.69) is 37.1 Å². The molecule has 1 amide bonds. The maximum Gasteiger partial charge on any atom is 0.338 e. The van der Waals surface area contributed by atoms with E-state index in [1.54, 1.807) is 44.2 Å². The van der Waals surface area contributed by atoms with E-state index in [1.165, 1.54) is 6.21 Å². The third-order valence-corrected chi connectivity index (χ3v) is 7.25. The smallest absolute Gasteiger partial charge is 0.338 e. The Morgan fingerprint density at radius 2 is 1.70 bits per heavy atom. The Balaban J connectivity index is 1.41. The number of para-hydroxylation sites is 1. The van der Waals surface area contributed by atoms with Crippen LogP contribution in [0, 0.1) is 0 Å². The summed E-state index contributed by atoms with van der Waals surface area (Å²) in [6, 6.07) is 19.9. The number of thiocarbonyl (C=S) groups is 1. The fourth-order valence-electron chi connectivity index (χ4n) is 4.37. The third kappa shape index (κ3) is 8.57. The summed E-state index contributed by atoms with van der Waals surface area (Å²) in [5.74, 6) is 0.575. The molecule has 4 rings (SSSR count). The highest BCUT2D eigenvalue weighted by Gasteiger charge is 2.32. The highest BCUT2D eigenvalue weighted by molar-refractivity contribution is 9.10. The number of hydrogen-bond acceptors (Lipinski definition) is 8. The van der Waals surface area contributed by atoms with Gasteiger partial charge in [-0.3, -0.25) is 4.79 Å². The number of carbonyl (C=O) groups is 2. The Morgan fingerprint density at radius 3 is 2.45 bits per heavy atom. The van der Waals surface area contributed by atoms with Crippen LogP contribution in [0.5, 0.6) is 17.2 Å². The molecule has 10 nitrogen and oxygen atoms in total. The van der Waals surface area contributed by atoms with Crippen LogP contribution >= 0.6 is 28.1 Å². The van der Waals surface area contributed by atoms with Crippen LogP contribution in [0.3, 0.4) is 0 Å². The largest absolute Gasteiger partial charge is 0.490 e. The lowest BCUT2D eigenvalue weighted by Gasteiger charge is -2.30. The molecule has 44 heavy (non-hydrogen) atoms. The van der Waals surface area contributed by atoms with Crippen molar-refractivity contribution < 1.29 is 28.5 Å². The minimum Gasteiger partial charge on any atom is -0.490 e. The molecule has 3 N–H and O–H groups in total. The molecule has 0 fully saturated rings. The topological polar surface area (TPSA) is 120 Å². The molecule has 0 bridgehead atoms. The second kappa shape index (κ2) is 15.9. The highest BCUT2D eigenvalue weighted by Crippen LogP contribution is 2.35. The number of nitrogens with one attached hydrogen (secondary N) is 3. The predicted molar refractivity (Wildman–Crippen MR) is 175 cm³/mol. The summed E-state index contributed by atoms with van der Waals surface area (Å²) in [6.07, 6.45) is 1.50. The van der Waals surface area contributed by atoms with E-state index in [9.17, 15) is 9.59 Å². The minimum absolute atomic E-state index is 0.224. The van der Waals surface area contributed by atoms with Crippen molar-refractivity contribution >= 4 is 51.4 Å². The summed E-state index contributed by atoms with van der Waals surface area (Å²) in [5.41, 5.74) is 5.76. The van der Waals surface area contributed by atoms with E-state index in [0.29, 0.717) is 62.4 Å². The molecule has 0 spiro atoms. The number of esters is 1. The molecule has 3 aromatic rings. The van der Waals surface area contributed by atoms with Gasteiger partial charge in [-0.05, 0) is 72.7 Å². The first kappa shape index (κ1) is 32.5. The standard InChI is InChI=1S/C32H33BrN4O6S/c1-4-40-26-15-22(24(33)16-27(26)42-18-21-11-7-6-8-12-21)17-34-37-28(38)19-43-25-14-10-9-13-23(25)30-29(31(39)41-5-2)20(3)35-32(44)36-30/h6-17,30H,4-5,18-19H2,1-3H3,(H,37,38)(H2,35,36,44)/t30-/m0/s1. The van der Waals surface area contributed by atoms with E-state index in [-0.39, 0.29) is 13.2 Å². The lowest BCUT2D eigenvalue weighted by molar-refractivity contribution is -0.139. The summed E-state index contributed by atoms with van der Waals surface area (Å²) < 4.78 is 23.6. The lowest BCUT2D eigenvalue weighted by Crippen LogP contribution is -2.45. The van der Waals surface area contributed by atoms with Crippen LogP contribution in [0.25, 0.3) is 0 Å². The van der Waals surface area contributed by atoms with E-state index in [0.717, 1.165) is 5.56 Å². The first-order chi connectivity index (χ1) is 21.3. The summed E-state index contributed by atoms with van der Waals surface area (Å²) in [7, 11) is 0. The minimum atomic E-state index is -0.628. The van der Waals surface area contributed by atoms with E-state index in [4.69, 9.17) is 31.2 Å². The fraction of sp³-hybridized carbons (Fsp3) is 0.250. The predicted octanol–water partition coefficient (Wildman–Crippen LogP) is 5.31. The maximum atomic E-state index is 12.8. The van der Waals surface area contributed by atoms with Gasteiger partial charge in [0, 0.05) is 21.3 Å². The van der Waals surface area contributed by atoms with Crippen LogP contribution in [0.1, 0.15) is 43.5 Å². The third-order valence-electron chi connectivity index (χ3n) is 6.35. The molecule has 1 heterocycles. The summed E-state index contributed by atoms with van der Waals surface area (Å²) in [5, 5.41) is 10.5. The second-order valence-corrected chi connectivity index (χ2v) is 10.7. The summed E-state index contributed by atoms with van der Waals surface area (Å²) in [4.78, 5) is 25.4. The first-order valence-corrected chi connectivity index (χ1v) is 15.1. The molecule has 230 valence electrons. The Labute approximate surface area is 269 Å². The van der Waals surface area contributed by atoms with Crippen molar-refractivity contribution in [3.8, 4) is 17.2 Å². The summed E-state index contributed by atoms with van der Waals surface area (Å²) in [6.45, 7) is 6.12. The van der Waals surface area contributed by atoms with Gasteiger partial charge in [-0.25, -0.2) is 10.2 Å². The monoisotopic (exact) mass is 680 g/mol. The number of benzene rings is 3. The van der Waals surface area contributed by atoms with Gasteiger partial charge in [0.2, 0.25) is 0 Å². The number of rotatable bonds is 13. The Hall–Kier alpha value is -4.42. The van der Waals surface area contributed by atoms with Gasteiger partial charge in [0.1, 0.15) is 12.4 Å². The van der Waals surface area contributed by atoms with Gasteiger partial charge in [0.25, 0.3) is 5.91 Å². The van der Waals surface area contributed by atoms with Crippen LogP contribution in [-0.2, 0) is 20.9 Å². The summed E-state index contributed by atoms with van der Waals surface area (Å²) >= 11 is 8.87. The van der Waals surface area contributed by atoms with Crippen LogP contribution in [0.15, 0.2) is 87.6 Å². The SMILES string of the molecule is CCOC(=O)C1=C(C)NC(=S)N[C@H]1c1ccccc1OCC(=O)NN=Cc1cc(OCC)c(OCc2ccccc2)cc1Br. The molecule has 0 radical (unpaired) electrons. The van der Waals surface area contributed by atoms with Gasteiger partial charge in [-0.2, -0.15) is 5.10 Å². The van der Waals surface area contributed by atoms with Gasteiger partial charge in [-0.1, -0.05) is 48.5 Å². The van der Waals surface area contributed by atoms with Crippen LogP contribution in [0.2, 0.25) is 0 Å². The number of nitrogens with zero attached hydrogens (tertiary/aromatic N) is 1. The quantitative estimate of drug-likeness (QED) is 0.0955. The maximum absolute atomic E-state index is 12.8. The van der Waals surface area contributed by atoms with E-state index >= 15 is 0 Å². The zero-order chi connectivity index (χ0) is 31.5. The van der Waals surface area contributed by atoms with Crippen LogP contribution in [-0.4, -0.2) is 43.0 Å². The van der Waals surface area contributed by atoms with Crippen molar-refractivity contribution in [3.63, 3.8) is 0 Å². The molecule has 3 aromatic carbocycles. The van der Waals surface area contributed by atoms with Gasteiger partial charge < -0.3 is 29.6 Å². The average molecular weight is 682 g/mol. The zero-order valence-corrected chi connectivity index (χ0v) is 26.9. The number of hydrogen-bond donors (Lipinski definition) is 3. The van der Waals surface area contributed by atoms with Gasteiger partial charge in [0.05, 0.1) is 31.0 Å². The number of amides is 1. The lowest BCUT2D eigenvalue weighted by atomic mass is 9.95. The number of carbonyl (C=O) groups excluding carboxylic acids is 2. The van der Waals surface area contributed by atoms with Crippen molar-refractivity contribution in [2.75, 3.05) is 19.8 Å². The number of hydrazone groups is 1. The number of allylic oxidation sites excluding steroid dienone is 1.